The summed E-state index contributed by atoms with van der Waals surface area (Å²) >= 11 is 1.38. The largest absolute Gasteiger partial charge is 0.507 e. The number of fused-ring (bicyclic) bond motifs is 3. The number of nitrogens with one attached hydrogen (secondary N) is 2. The SMILES string of the molecule is CC(NCCS(C)(=O)=O)c1ccc(-c2c(O)ccc3[nH]c(=O)c4sccc4c23)cc1. The van der Waals surface area contributed by atoms with Crippen LogP contribution in [0.2, 0.25) is 0 Å². The normalized spacial score (nSPS) is 13.1. The molecule has 0 radical (unpaired) electrons. The van der Waals surface area contributed by atoms with Gasteiger partial charge in [-0.25, -0.2) is 8.42 Å². The first-order valence-corrected chi connectivity index (χ1v) is 12.5. The lowest BCUT2D eigenvalue weighted by Crippen LogP contribution is -2.25. The van der Waals surface area contributed by atoms with E-state index in [4.69, 9.17) is 0 Å². The number of hydrogen-bond acceptors (Lipinski definition) is 6. The summed E-state index contributed by atoms with van der Waals surface area (Å²) in [6.07, 6.45) is 1.22. The molecular weight excluding hydrogens is 420 g/mol. The number of aromatic nitrogens is 1. The van der Waals surface area contributed by atoms with Gasteiger partial charge in [-0.15, -0.1) is 11.3 Å². The number of thiophene rings is 1. The maximum Gasteiger partial charge on any atom is 0.266 e. The van der Waals surface area contributed by atoms with Gasteiger partial charge in [0.15, 0.2) is 0 Å². The van der Waals surface area contributed by atoms with Gasteiger partial charge in [-0.2, -0.15) is 0 Å². The molecule has 2 heterocycles. The predicted octanol–water partition coefficient (Wildman–Crippen LogP) is 3.81. The first-order valence-electron chi connectivity index (χ1n) is 9.51. The van der Waals surface area contributed by atoms with Gasteiger partial charge in [0.25, 0.3) is 5.56 Å². The number of phenolic OH excluding ortho intramolecular Hbond substituents is 1. The number of aromatic amines is 1. The zero-order valence-corrected chi connectivity index (χ0v) is 18.2. The van der Waals surface area contributed by atoms with Gasteiger partial charge in [-0.05, 0) is 41.6 Å². The van der Waals surface area contributed by atoms with Crippen LogP contribution in [0.1, 0.15) is 18.5 Å². The number of sulfone groups is 1. The van der Waals surface area contributed by atoms with E-state index in [9.17, 15) is 18.3 Å². The van der Waals surface area contributed by atoms with Crippen molar-refractivity contribution >= 4 is 42.2 Å². The monoisotopic (exact) mass is 442 g/mol. The zero-order valence-electron chi connectivity index (χ0n) is 16.6. The molecule has 1 atom stereocenters. The summed E-state index contributed by atoms with van der Waals surface area (Å²) in [5, 5.41) is 17.4. The molecule has 1 unspecified atom stereocenters. The Hall–Kier alpha value is -2.68. The number of hydrogen-bond donors (Lipinski definition) is 3. The van der Waals surface area contributed by atoms with Crippen LogP contribution in [0.5, 0.6) is 5.75 Å². The maximum absolute atomic E-state index is 12.3. The lowest BCUT2D eigenvalue weighted by Gasteiger charge is -2.15. The standard InChI is InChI=1S/C22H22N2O4S2/c1-13(23-10-12-30(2,27)28)14-3-5-15(6-4-14)19-18(25)8-7-17-20(19)16-9-11-29-21(16)22(26)24-17/h3-9,11,13,23,25H,10,12H2,1-2H3,(H,24,26). The molecule has 0 aliphatic rings. The highest BCUT2D eigenvalue weighted by Gasteiger charge is 2.16. The van der Waals surface area contributed by atoms with E-state index < -0.39 is 9.84 Å². The van der Waals surface area contributed by atoms with Crippen molar-refractivity contribution in [2.24, 2.45) is 0 Å². The minimum absolute atomic E-state index is 0.0122. The zero-order chi connectivity index (χ0) is 21.5. The van der Waals surface area contributed by atoms with Crippen molar-refractivity contribution in [3.63, 3.8) is 0 Å². The van der Waals surface area contributed by atoms with E-state index in [1.54, 1.807) is 12.1 Å². The molecule has 0 aliphatic heterocycles. The number of H-pyrrole nitrogens is 1. The summed E-state index contributed by atoms with van der Waals surface area (Å²) in [4.78, 5) is 15.2. The van der Waals surface area contributed by atoms with E-state index in [1.807, 2.05) is 42.6 Å². The summed E-state index contributed by atoms with van der Waals surface area (Å²) in [6.45, 7) is 2.36. The molecule has 0 amide bonds. The molecule has 3 N–H and O–H groups in total. The third-order valence-corrected chi connectivity index (χ3v) is 7.05. The fourth-order valence-corrected chi connectivity index (χ4v) is 4.93. The molecule has 0 bridgehead atoms. The summed E-state index contributed by atoms with van der Waals surface area (Å²) < 4.78 is 23.2. The molecule has 0 saturated heterocycles. The van der Waals surface area contributed by atoms with Crippen LogP contribution in [0, 0.1) is 0 Å². The van der Waals surface area contributed by atoms with Crippen molar-refractivity contribution in [2.45, 2.75) is 13.0 Å². The van der Waals surface area contributed by atoms with Gasteiger partial charge in [0.1, 0.15) is 20.3 Å². The highest BCUT2D eigenvalue weighted by Crippen LogP contribution is 2.39. The van der Waals surface area contributed by atoms with Gasteiger partial charge >= 0.3 is 0 Å². The third-order valence-electron chi connectivity index (χ3n) is 5.20. The van der Waals surface area contributed by atoms with E-state index >= 15 is 0 Å². The van der Waals surface area contributed by atoms with Gasteiger partial charge in [0, 0.05) is 40.7 Å². The van der Waals surface area contributed by atoms with E-state index in [0.29, 0.717) is 22.3 Å². The molecule has 2 aromatic heterocycles. The van der Waals surface area contributed by atoms with Crippen molar-refractivity contribution in [1.29, 1.82) is 0 Å². The van der Waals surface area contributed by atoms with E-state index in [1.165, 1.54) is 17.6 Å². The topological polar surface area (TPSA) is 99.3 Å². The van der Waals surface area contributed by atoms with E-state index in [2.05, 4.69) is 10.3 Å². The first-order chi connectivity index (χ1) is 14.2. The van der Waals surface area contributed by atoms with E-state index in [0.717, 1.165) is 21.9 Å². The van der Waals surface area contributed by atoms with Crippen LogP contribution in [0.3, 0.4) is 0 Å². The number of pyridine rings is 1. The Morgan fingerprint density at radius 2 is 1.87 bits per heavy atom. The van der Waals surface area contributed by atoms with Crippen LogP contribution in [-0.4, -0.2) is 37.1 Å². The van der Waals surface area contributed by atoms with Crippen LogP contribution in [0.4, 0.5) is 0 Å². The quantitative estimate of drug-likeness (QED) is 0.422. The van der Waals surface area contributed by atoms with Crippen LogP contribution in [0.25, 0.3) is 32.1 Å². The summed E-state index contributed by atoms with van der Waals surface area (Å²) in [6, 6.07) is 13.0. The minimum atomic E-state index is -3.00. The van der Waals surface area contributed by atoms with Crippen LogP contribution < -0.4 is 10.9 Å². The Kier molecular flexibility index (Phi) is 5.40. The van der Waals surface area contributed by atoms with Crippen LogP contribution in [0.15, 0.2) is 52.6 Å². The van der Waals surface area contributed by atoms with Gasteiger partial charge in [-0.3, -0.25) is 4.79 Å². The molecule has 0 aliphatic carbocycles. The smallest absolute Gasteiger partial charge is 0.266 e. The molecule has 30 heavy (non-hydrogen) atoms. The van der Waals surface area contributed by atoms with Crippen molar-refractivity contribution in [3.05, 3.63) is 63.8 Å². The average Bonchev–Trinajstić information content (AvgIpc) is 3.18. The molecule has 2 aromatic carbocycles. The number of benzene rings is 2. The third kappa shape index (κ3) is 3.98. The molecule has 156 valence electrons. The number of rotatable bonds is 6. The van der Waals surface area contributed by atoms with Crippen molar-refractivity contribution in [2.75, 3.05) is 18.6 Å². The lowest BCUT2D eigenvalue weighted by atomic mass is 9.95. The second-order valence-electron chi connectivity index (χ2n) is 7.43. The molecular formula is C22H22N2O4S2. The summed E-state index contributed by atoms with van der Waals surface area (Å²) in [5.41, 5.74) is 3.08. The fraction of sp³-hybridized carbons (Fsp3) is 0.227. The predicted molar refractivity (Wildman–Crippen MR) is 123 cm³/mol. The molecule has 4 aromatic rings. The van der Waals surface area contributed by atoms with E-state index in [-0.39, 0.29) is 23.1 Å². The highest BCUT2D eigenvalue weighted by molar-refractivity contribution is 7.90. The second-order valence-corrected chi connectivity index (χ2v) is 10.6. The van der Waals surface area contributed by atoms with Gasteiger partial charge in [-0.1, -0.05) is 24.3 Å². The number of aromatic hydroxyl groups is 1. The van der Waals surface area contributed by atoms with Crippen LogP contribution in [-0.2, 0) is 9.84 Å². The Morgan fingerprint density at radius 3 is 2.57 bits per heavy atom. The molecule has 8 heteroatoms. The van der Waals surface area contributed by atoms with Crippen molar-refractivity contribution < 1.29 is 13.5 Å². The number of phenols is 1. The Morgan fingerprint density at radius 1 is 1.13 bits per heavy atom. The Labute approximate surface area is 178 Å². The molecule has 6 nitrogen and oxygen atoms in total. The molecule has 0 spiro atoms. The van der Waals surface area contributed by atoms with Gasteiger partial charge in [0.05, 0.1) is 5.75 Å². The van der Waals surface area contributed by atoms with Crippen LogP contribution >= 0.6 is 11.3 Å². The van der Waals surface area contributed by atoms with Gasteiger partial charge < -0.3 is 15.4 Å². The Bertz CT molecular complexity index is 1390. The lowest BCUT2D eigenvalue weighted by molar-refractivity contribution is 0.478. The van der Waals surface area contributed by atoms with Gasteiger partial charge in [0.2, 0.25) is 0 Å². The molecule has 0 fully saturated rings. The Balaban J connectivity index is 1.72. The highest BCUT2D eigenvalue weighted by atomic mass is 32.2. The first kappa shape index (κ1) is 20.6. The summed E-state index contributed by atoms with van der Waals surface area (Å²) in [5.74, 6) is 0.239. The maximum atomic E-state index is 12.3. The minimum Gasteiger partial charge on any atom is -0.507 e. The fourth-order valence-electron chi connectivity index (χ4n) is 3.65. The van der Waals surface area contributed by atoms with Crippen molar-refractivity contribution in [3.8, 4) is 16.9 Å². The second kappa shape index (κ2) is 7.86. The molecule has 4 rings (SSSR count). The summed E-state index contributed by atoms with van der Waals surface area (Å²) in [7, 11) is -3.00. The average molecular weight is 443 g/mol. The van der Waals surface area contributed by atoms with Crippen molar-refractivity contribution in [1.82, 2.24) is 10.3 Å². The molecule has 0 saturated carbocycles.